The third-order valence-corrected chi connectivity index (χ3v) is 5.28. The molecule has 1 N–H and O–H groups in total. The van der Waals surface area contributed by atoms with Gasteiger partial charge in [-0.2, -0.15) is 0 Å². The summed E-state index contributed by atoms with van der Waals surface area (Å²) < 4.78 is 16.8. The Morgan fingerprint density at radius 3 is 2.73 bits per heavy atom. The van der Waals surface area contributed by atoms with Crippen molar-refractivity contribution >= 4 is 17.9 Å². The first-order valence-corrected chi connectivity index (χ1v) is 10.5. The molecule has 6 nitrogen and oxygen atoms in total. The van der Waals surface area contributed by atoms with Crippen LogP contribution in [0.2, 0.25) is 5.02 Å². The zero-order valence-electron chi connectivity index (χ0n) is 17.1. The van der Waals surface area contributed by atoms with E-state index in [1.165, 1.54) is 7.11 Å². The van der Waals surface area contributed by atoms with Gasteiger partial charge in [0.2, 0.25) is 0 Å². The molecule has 0 radical (unpaired) electrons. The molecule has 162 valence electrons. The van der Waals surface area contributed by atoms with E-state index in [4.69, 9.17) is 25.8 Å². The minimum Gasteiger partial charge on any atom is -0.493 e. The second-order valence-corrected chi connectivity index (χ2v) is 7.88. The van der Waals surface area contributed by atoms with Crippen LogP contribution in [0.3, 0.4) is 0 Å². The van der Waals surface area contributed by atoms with Gasteiger partial charge in [0, 0.05) is 36.8 Å². The van der Waals surface area contributed by atoms with Gasteiger partial charge >= 0.3 is 0 Å². The Morgan fingerprint density at radius 1 is 1.27 bits per heavy atom. The van der Waals surface area contributed by atoms with Crippen molar-refractivity contribution in [2.45, 2.75) is 31.6 Å². The highest BCUT2D eigenvalue weighted by molar-refractivity contribution is 6.30. The molecular weight excluding hydrogens is 406 g/mol. The Morgan fingerprint density at radius 2 is 2.07 bits per heavy atom. The van der Waals surface area contributed by atoms with Crippen LogP contribution in [-0.2, 0) is 11.3 Å². The van der Waals surface area contributed by atoms with Crippen molar-refractivity contribution in [2.24, 2.45) is 0 Å². The maximum absolute atomic E-state index is 10.9. The van der Waals surface area contributed by atoms with Crippen molar-refractivity contribution in [3.05, 3.63) is 58.6 Å². The van der Waals surface area contributed by atoms with Gasteiger partial charge in [0.05, 0.1) is 13.2 Å². The number of aliphatic hydroxyl groups is 1. The lowest BCUT2D eigenvalue weighted by Crippen LogP contribution is -2.39. The largest absolute Gasteiger partial charge is 0.493 e. The summed E-state index contributed by atoms with van der Waals surface area (Å²) in [6.45, 7) is 2.78. The summed E-state index contributed by atoms with van der Waals surface area (Å²) >= 11 is 5.99. The van der Waals surface area contributed by atoms with Crippen LogP contribution in [0.25, 0.3) is 0 Å². The van der Waals surface area contributed by atoms with Gasteiger partial charge in [-0.1, -0.05) is 23.7 Å². The standard InChI is InChI=1S/C23H28ClNO5/c1-28-23-11-18(15-26)6-9-22(23)30-16-20(27)13-25(14-21-3-2-10-29-21)12-17-4-7-19(24)8-5-17/h4-9,11,15,20-21,27H,2-3,10,12-14,16H2,1H3. The van der Waals surface area contributed by atoms with Gasteiger partial charge in [-0.3, -0.25) is 9.69 Å². The maximum Gasteiger partial charge on any atom is 0.161 e. The van der Waals surface area contributed by atoms with Gasteiger partial charge in [-0.05, 0) is 48.7 Å². The molecule has 1 heterocycles. The van der Waals surface area contributed by atoms with E-state index in [9.17, 15) is 9.90 Å². The van der Waals surface area contributed by atoms with Crippen LogP contribution in [0.1, 0.15) is 28.8 Å². The fraction of sp³-hybridized carbons (Fsp3) is 0.435. The third kappa shape index (κ3) is 6.71. The molecule has 3 rings (SSSR count). The molecule has 30 heavy (non-hydrogen) atoms. The normalized spacial score (nSPS) is 17.1. The summed E-state index contributed by atoms with van der Waals surface area (Å²) in [6.07, 6.45) is 2.34. The highest BCUT2D eigenvalue weighted by atomic mass is 35.5. The smallest absolute Gasteiger partial charge is 0.161 e. The third-order valence-electron chi connectivity index (χ3n) is 5.03. The summed E-state index contributed by atoms with van der Waals surface area (Å²) in [7, 11) is 1.52. The van der Waals surface area contributed by atoms with Crippen LogP contribution >= 0.6 is 11.6 Å². The molecule has 0 bridgehead atoms. The van der Waals surface area contributed by atoms with E-state index in [0.29, 0.717) is 35.2 Å². The van der Waals surface area contributed by atoms with E-state index >= 15 is 0 Å². The number of hydrogen-bond acceptors (Lipinski definition) is 6. The highest BCUT2D eigenvalue weighted by Crippen LogP contribution is 2.27. The molecule has 7 heteroatoms. The number of aldehydes is 1. The molecule has 1 fully saturated rings. The van der Waals surface area contributed by atoms with Gasteiger partial charge in [-0.15, -0.1) is 0 Å². The van der Waals surface area contributed by atoms with E-state index in [-0.39, 0.29) is 12.7 Å². The van der Waals surface area contributed by atoms with Crippen LogP contribution in [0.5, 0.6) is 11.5 Å². The molecule has 0 amide bonds. The Hall–Kier alpha value is -2.12. The Kier molecular flexibility index (Phi) is 8.51. The number of benzene rings is 2. The SMILES string of the molecule is COc1cc(C=O)ccc1OCC(O)CN(Cc1ccc(Cl)cc1)CC1CCCO1. The number of hydrogen-bond donors (Lipinski definition) is 1. The van der Waals surface area contributed by atoms with Crippen molar-refractivity contribution in [2.75, 3.05) is 33.4 Å². The fourth-order valence-electron chi connectivity index (χ4n) is 3.54. The molecule has 0 saturated carbocycles. The molecule has 0 spiro atoms. The van der Waals surface area contributed by atoms with E-state index in [2.05, 4.69) is 4.90 Å². The van der Waals surface area contributed by atoms with Gasteiger partial charge in [0.1, 0.15) is 19.0 Å². The number of aliphatic hydroxyl groups excluding tert-OH is 1. The van der Waals surface area contributed by atoms with Crippen molar-refractivity contribution in [1.82, 2.24) is 4.90 Å². The Labute approximate surface area is 182 Å². The maximum atomic E-state index is 10.9. The Balaban J connectivity index is 1.59. The Bertz CT molecular complexity index is 808. The first-order valence-electron chi connectivity index (χ1n) is 10.1. The molecule has 1 aliphatic rings. The second-order valence-electron chi connectivity index (χ2n) is 7.45. The molecule has 0 aliphatic carbocycles. The zero-order valence-corrected chi connectivity index (χ0v) is 17.9. The molecule has 0 aromatic heterocycles. The fourth-order valence-corrected chi connectivity index (χ4v) is 3.67. The lowest BCUT2D eigenvalue weighted by molar-refractivity contribution is 0.0310. The molecule has 1 saturated heterocycles. The predicted octanol–water partition coefficient (Wildman–Crippen LogP) is 3.58. The summed E-state index contributed by atoms with van der Waals surface area (Å²) in [5, 5.41) is 11.3. The number of carbonyl (C=O) groups is 1. The molecule has 2 aromatic carbocycles. The lowest BCUT2D eigenvalue weighted by atomic mass is 10.1. The number of carbonyl (C=O) groups excluding carboxylic acids is 1. The molecular formula is C23H28ClNO5. The van der Waals surface area contributed by atoms with Crippen LogP contribution < -0.4 is 9.47 Å². The minimum absolute atomic E-state index is 0.111. The molecule has 2 aromatic rings. The van der Waals surface area contributed by atoms with Crippen molar-refractivity contribution in [3.63, 3.8) is 0 Å². The number of rotatable bonds is 11. The van der Waals surface area contributed by atoms with Crippen LogP contribution in [0, 0.1) is 0 Å². The number of halogens is 1. The molecule has 2 atom stereocenters. The van der Waals surface area contributed by atoms with Crippen LogP contribution in [0.4, 0.5) is 0 Å². The van der Waals surface area contributed by atoms with Crippen LogP contribution in [-0.4, -0.2) is 61.9 Å². The van der Waals surface area contributed by atoms with Crippen LogP contribution in [0.15, 0.2) is 42.5 Å². The van der Waals surface area contributed by atoms with Crippen molar-refractivity contribution in [1.29, 1.82) is 0 Å². The average Bonchev–Trinajstić information content (AvgIpc) is 3.26. The topological polar surface area (TPSA) is 68.2 Å². The van der Waals surface area contributed by atoms with E-state index < -0.39 is 6.10 Å². The summed E-state index contributed by atoms with van der Waals surface area (Å²) in [5.74, 6) is 0.953. The second kappa shape index (κ2) is 11.3. The van der Waals surface area contributed by atoms with Gasteiger partial charge in [0.25, 0.3) is 0 Å². The van der Waals surface area contributed by atoms with E-state index in [1.807, 2.05) is 24.3 Å². The number of ether oxygens (including phenoxy) is 3. The van der Waals surface area contributed by atoms with Gasteiger partial charge < -0.3 is 19.3 Å². The first-order chi connectivity index (χ1) is 14.6. The lowest BCUT2D eigenvalue weighted by Gasteiger charge is -2.27. The van der Waals surface area contributed by atoms with Gasteiger partial charge in [-0.25, -0.2) is 0 Å². The van der Waals surface area contributed by atoms with E-state index in [1.54, 1.807) is 18.2 Å². The molecule has 2 unspecified atom stereocenters. The van der Waals surface area contributed by atoms with Crippen molar-refractivity contribution in [3.8, 4) is 11.5 Å². The van der Waals surface area contributed by atoms with E-state index in [0.717, 1.165) is 37.8 Å². The first kappa shape index (κ1) is 22.6. The number of nitrogens with zero attached hydrogens (tertiary/aromatic N) is 1. The molecule has 1 aliphatic heterocycles. The highest BCUT2D eigenvalue weighted by Gasteiger charge is 2.22. The summed E-state index contributed by atoms with van der Waals surface area (Å²) in [5.41, 5.74) is 1.63. The minimum atomic E-state index is -0.700. The summed E-state index contributed by atoms with van der Waals surface area (Å²) in [6, 6.07) is 12.7. The van der Waals surface area contributed by atoms with Gasteiger partial charge in [0.15, 0.2) is 11.5 Å². The monoisotopic (exact) mass is 433 g/mol. The average molecular weight is 434 g/mol. The van der Waals surface area contributed by atoms with Crippen molar-refractivity contribution < 1.29 is 24.1 Å². The quantitative estimate of drug-likeness (QED) is 0.546. The summed E-state index contributed by atoms with van der Waals surface area (Å²) in [4.78, 5) is 13.1. The number of methoxy groups -OCH3 is 1. The zero-order chi connectivity index (χ0) is 21.3. The predicted molar refractivity (Wildman–Crippen MR) is 116 cm³/mol.